The van der Waals surface area contributed by atoms with E-state index in [0.717, 1.165) is 25.8 Å². The Kier molecular flexibility index (Phi) is 4.97. The van der Waals surface area contributed by atoms with Crippen molar-refractivity contribution in [2.24, 2.45) is 5.92 Å². The molecule has 0 radical (unpaired) electrons. The van der Waals surface area contributed by atoms with E-state index >= 15 is 0 Å². The number of ether oxygens (including phenoxy) is 1. The van der Waals surface area contributed by atoms with E-state index < -0.39 is 17.7 Å². The Morgan fingerprint density at radius 2 is 2.07 bits per heavy atom. The number of benzene rings is 1. The molecule has 2 aliphatic heterocycles. The van der Waals surface area contributed by atoms with Crippen LogP contribution in [0.15, 0.2) is 29.1 Å². The number of fused-ring (bicyclic) bond motifs is 1. The van der Waals surface area contributed by atoms with Crippen molar-refractivity contribution in [2.75, 3.05) is 23.9 Å². The fourth-order valence-electron chi connectivity index (χ4n) is 4.31. The number of H-pyrrole nitrogens is 1. The van der Waals surface area contributed by atoms with Gasteiger partial charge in [0.25, 0.3) is 5.56 Å². The van der Waals surface area contributed by atoms with Crippen LogP contribution in [0.3, 0.4) is 0 Å². The molecule has 3 heterocycles. The normalized spacial score (nSPS) is 23.7. The number of anilines is 2. The van der Waals surface area contributed by atoms with Gasteiger partial charge in [-0.25, -0.2) is 0 Å². The summed E-state index contributed by atoms with van der Waals surface area (Å²) in [6.45, 7) is 2.90. The smallest absolute Gasteiger partial charge is 0.258 e. The maximum atomic E-state index is 13.2. The van der Waals surface area contributed by atoms with E-state index in [9.17, 15) is 14.9 Å². The average molecular weight is 393 g/mol. The largest absolute Gasteiger partial charge is 0.496 e. The zero-order valence-corrected chi connectivity index (χ0v) is 16.4. The number of carbonyl (C=O) groups is 1. The van der Waals surface area contributed by atoms with Crippen molar-refractivity contribution in [1.82, 2.24) is 9.97 Å². The Morgan fingerprint density at radius 1 is 1.28 bits per heavy atom. The van der Waals surface area contributed by atoms with Crippen molar-refractivity contribution in [1.29, 1.82) is 5.26 Å². The molecule has 1 saturated heterocycles. The maximum Gasteiger partial charge on any atom is 0.258 e. The minimum atomic E-state index is -1.05. The summed E-state index contributed by atoms with van der Waals surface area (Å²) in [7, 11) is 1.52. The lowest BCUT2D eigenvalue weighted by atomic mass is 9.79. The second kappa shape index (κ2) is 7.59. The zero-order valence-electron chi connectivity index (χ0n) is 16.4. The van der Waals surface area contributed by atoms with E-state index in [1.54, 1.807) is 24.3 Å². The average Bonchev–Trinajstić information content (AvgIpc) is 2.73. The molecule has 1 fully saturated rings. The first-order valence-electron chi connectivity index (χ1n) is 9.79. The predicted octanol–water partition coefficient (Wildman–Crippen LogP) is 2.38. The monoisotopic (exact) mass is 393 g/mol. The molecular weight excluding hydrogens is 370 g/mol. The van der Waals surface area contributed by atoms with Crippen LogP contribution in [0, 0.1) is 17.2 Å². The summed E-state index contributed by atoms with van der Waals surface area (Å²) in [6, 6.07) is 9.42. The zero-order chi connectivity index (χ0) is 20.5. The number of amides is 1. The van der Waals surface area contributed by atoms with Crippen molar-refractivity contribution in [2.45, 2.75) is 38.1 Å². The summed E-state index contributed by atoms with van der Waals surface area (Å²) in [4.78, 5) is 35.4. The van der Waals surface area contributed by atoms with Gasteiger partial charge in [-0.1, -0.05) is 18.2 Å². The molecule has 0 spiro atoms. The second-order valence-electron chi connectivity index (χ2n) is 7.51. The number of para-hydroxylation sites is 1. The molecule has 29 heavy (non-hydrogen) atoms. The molecule has 2 aliphatic rings. The first-order chi connectivity index (χ1) is 14.0. The number of methoxy groups -OCH3 is 1. The topological polar surface area (TPSA) is 111 Å². The molecule has 0 aliphatic carbocycles. The van der Waals surface area contributed by atoms with Crippen molar-refractivity contribution in [3.8, 4) is 11.8 Å². The van der Waals surface area contributed by atoms with Gasteiger partial charge < -0.3 is 15.0 Å². The second-order valence-corrected chi connectivity index (χ2v) is 7.51. The molecule has 1 aromatic heterocycles. The molecule has 1 aromatic carbocycles. The van der Waals surface area contributed by atoms with Crippen LogP contribution in [0.5, 0.6) is 5.75 Å². The summed E-state index contributed by atoms with van der Waals surface area (Å²) >= 11 is 0. The highest BCUT2D eigenvalue weighted by Crippen LogP contribution is 2.41. The van der Waals surface area contributed by atoms with Crippen LogP contribution in [-0.4, -0.2) is 35.6 Å². The molecule has 3 unspecified atom stereocenters. The molecule has 0 saturated carbocycles. The Balaban J connectivity index is 1.88. The Morgan fingerprint density at radius 3 is 2.79 bits per heavy atom. The SMILES string of the molecule is COc1ccccc1C1c2c(nc(N3CCCCC3C)[nH]c2=O)NC(=O)C1C#N. The fraction of sp³-hybridized carbons (Fsp3) is 0.429. The third-order valence-corrected chi connectivity index (χ3v) is 5.80. The highest BCUT2D eigenvalue weighted by atomic mass is 16.5. The first kappa shape index (κ1) is 19.0. The Hall–Kier alpha value is -3.34. The van der Waals surface area contributed by atoms with Crippen LogP contribution in [0.1, 0.15) is 43.2 Å². The van der Waals surface area contributed by atoms with E-state index in [0.29, 0.717) is 17.3 Å². The molecule has 0 bridgehead atoms. The van der Waals surface area contributed by atoms with Crippen LogP contribution in [-0.2, 0) is 4.79 Å². The van der Waals surface area contributed by atoms with Gasteiger partial charge in [0, 0.05) is 24.1 Å². The molecule has 8 heteroatoms. The summed E-state index contributed by atoms with van der Waals surface area (Å²) < 4.78 is 5.43. The number of aromatic nitrogens is 2. The van der Waals surface area contributed by atoms with Crippen molar-refractivity contribution in [3.05, 3.63) is 45.7 Å². The van der Waals surface area contributed by atoms with Gasteiger partial charge >= 0.3 is 0 Å². The number of hydrogen-bond acceptors (Lipinski definition) is 6. The number of nitrogens with one attached hydrogen (secondary N) is 2. The number of hydrogen-bond donors (Lipinski definition) is 2. The molecule has 3 atom stereocenters. The van der Waals surface area contributed by atoms with Gasteiger partial charge in [-0.3, -0.25) is 14.6 Å². The number of nitriles is 1. The van der Waals surface area contributed by atoms with E-state index in [1.165, 1.54) is 7.11 Å². The third-order valence-electron chi connectivity index (χ3n) is 5.80. The molecule has 2 N–H and O–H groups in total. The molecule has 150 valence electrons. The van der Waals surface area contributed by atoms with Crippen molar-refractivity contribution < 1.29 is 9.53 Å². The highest BCUT2D eigenvalue weighted by molar-refractivity contribution is 5.98. The van der Waals surface area contributed by atoms with Crippen LogP contribution in [0.25, 0.3) is 0 Å². The summed E-state index contributed by atoms with van der Waals surface area (Å²) in [5.74, 6) is -1.09. The van der Waals surface area contributed by atoms with Gasteiger partial charge in [0.05, 0.1) is 18.7 Å². The third kappa shape index (κ3) is 3.23. The number of piperidine rings is 1. The van der Waals surface area contributed by atoms with E-state index in [-0.39, 0.29) is 23.0 Å². The molecular formula is C21H23N5O3. The van der Waals surface area contributed by atoms with Gasteiger partial charge in [-0.15, -0.1) is 0 Å². The van der Waals surface area contributed by atoms with E-state index in [1.807, 2.05) is 6.07 Å². The number of nitrogens with zero attached hydrogens (tertiary/aromatic N) is 3. The van der Waals surface area contributed by atoms with Gasteiger partial charge in [0.15, 0.2) is 0 Å². The highest BCUT2D eigenvalue weighted by Gasteiger charge is 2.41. The molecule has 1 amide bonds. The Bertz CT molecular complexity index is 1040. The van der Waals surface area contributed by atoms with Gasteiger partial charge in [0.1, 0.15) is 17.5 Å². The van der Waals surface area contributed by atoms with E-state index in [4.69, 9.17) is 4.74 Å². The minimum absolute atomic E-state index is 0.217. The van der Waals surface area contributed by atoms with Crippen LogP contribution >= 0.6 is 0 Å². The maximum absolute atomic E-state index is 13.2. The lowest BCUT2D eigenvalue weighted by Gasteiger charge is -2.35. The first-order valence-corrected chi connectivity index (χ1v) is 9.79. The van der Waals surface area contributed by atoms with Crippen molar-refractivity contribution in [3.63, 3.8) is 0 Å². The number of rotatable bonds is 3. The Labute approximate surface area is 168 Å². The van der Waals surface area contributed by atoms with Crippen LogP contribution in [0.4, 0.5) is 11.8 Å². The predicted molar refractivity (Wildman–Crippen MR) is 108 cm³/mol. The molecule has 2 aromatic rings. The summed E-state index contributed by atoms with van der Waals surface area (Å²) in [6.07, 6.45) is 3.19. The van der Waals surface area contributed by atoms with E-state index in [2.05, 4.69) is 27.1 Å². The van der Waals surface area contributed by atoms with Crippen LogP contribution in [0.2, 0.25) is 0 Å². The fourth-order valence-corrected chi connectivity index (χ4v) is 4.31. The molecule has 8 nitrogen and oxygen atoms in total. The van der Waals surface area contributed by atoms with Crippen LogP contribution < -0.4 is 20.5 Å². The summed E-state index contributed by atoms with van der Waals surface area (Å²) in [5, 5.41) is 12.3. The van der Waals surface area contributed by atoms with Crippen molar-refractivity contribution >= 4 is 17.7 Å². The lowest BCUT2D eigenvalue weighted by Crippen LogP contribution is -2.42. The van der Waals surface area contributed by atoms with Gasteiger partial charge in [-0.05, 0) is 32.3 Å². The van der Waals surface area contributed by atoms with Gasteiger partial charge in [-0.2, -0.15) is 10.2 Å². The molecule has 4 rings (SSSR count). The van der Waals surface area contributed by atoms with Gasteiger partial charge in [0.2, 0.25) is 11.9 Å². The summed E-state index contributed by atoms with van der Waals surface area (Å²) in [5.41, 5.74) is 0.553. The quantitative estimate of drug-likeness (QED) is 0.828. The lowest BCUT2D eigenvalue weighted by molar-refractivity contribution is -0.119. The standard InChI is InChI=1S/C21H23N5O3/c1-12-7-5-6-10-26(12)21-24-18-17(20(28)25-21)16(14(11-22)19(27)23-18)13-8-3-4-9-15(13)29-2/h3-4,8-9,12,14,16H,5-7,10H2,1-2H3,(H2,23,24,25,27,28). The minimum Gasteiger partial charge on any atom is -0.496 e. The number of aromatic amines is 1. The number of carbonyl (C=O) groups excluding carboxylic acids is 1.